The highest BCUT2D eigenvalue weighted by Gasteiger charge is 2.24. The van der Waals surface area contributed by atoms with Gasteiger partial charge in [0.1, 0.15) is 6.04 Å². The molecular formula is C22H27N3O2. The third-order valence-electron chi connectivity index (χ3n) is 4.90. The lowest BCUT2D eigenvalue weighted by Crippen LogP contribution is -2.48. The van der Waals surface area contributed by atoms with Crippen LogP contribution in [0.25, 0.3) is 0 Å². The van der Waals surface area contributed by atoms with Gasteiger partial charge in [0.2, 0.25) is 5.91 Å². The molecule has 0 spiro atoms. The lowest BCUT2D eigenvalue weighted by molar-refractivity contribution is -0.132. The molecule has 2 amide bonds. The first kappa shape index (κ1) is 19.1. The summed E-state index contributed by atoms with van der Waals surface area (Å²) in [5.74, 6) is -0.224. The van der Waals surface area contributed by atoms with Gasteiger partial charge in [0.25, 0.3) is 5.91 Å². The lowest BCUT2D eigenvalue weighted by Gasteiger charge is -2.25. The average molecular weight is 365 g/mol. The number of rotatable bonds is 5. The summed E-state index contributed by atoms with van der Waals surface area (Å²) in [5, 5.41) is 2.82. The number of carbonyl (C=O) groups is 2. The third kappa shape index (κ3) is 5.41. The van der Waals surface area contributed by atoms with Crippen molar-refractivity contribution >= 4 is 11.8 Å². The zero-order valence-corrected chi connectivity index (χ0v) is 15.8. The Morgan fingerprint density at radius 2 is 1.59 bits per heavy atom. The second-order valence-corrected chi connectivity index (χ2v) is 7.00. The second-order valence-electron chi connectivity index (χ2n) is 7.00. The molecule has 2 aromatic carbocycles. The van der Waals surface area contributed by atoms with Crippen LogP contribution >= 0.6 is 0 Å². The van der Waals surface area contributed by atoms with Crippen LogP contribution in [0.1, 0.15) is 29.3 Å². The van der Waals surface area contributed by atoms with Crippen LogP contribution in [0.4, 0.5) is 0 Å². The maximum atomic E-state index is 12.8. The fourth-order valence-corrected chi connectivity index (χ4v) is 3.40. The van der Waals surface area contributed by atoms with Gasteiger partial charge in [0.05, 0.1) is 0 Å². The van der Waals surface area contributed by atoms with E-state index in [2.05, 4.69) is 34.5 Å². The number of amides is 2. The van der Waals surface area contributed by atoms with Gasteiger partial charge in [0.15, 0.2) is 0 Å². The predicted molar refractivity (Wildman–Crippen MR) is 106 cm³/mol. The van der Waals surface area contributed by atoms with Crippen molar-refractivity contribution in [2.24, 2.45) is 0 Å². The molecule has 0 aromatic heterocycles. The minimum Gasteiger partial charge on any atom is -0.341 e. The van der Waals surface area contributed by atoms with E-state index in [0.717, 1.165) is 32.6 Å². The Bertz CT molecular complexity index is 749. The van der Waals surface area contributed by atoms with Gasteiger partial charge in [-0.25, -0.2) is 0 Å². The van der Waals surface area contributed by atoms with Crippen molar-refractivity contribution in [3.8, 4) is 0 Å². The monoisotopic (exact) mass is 365 g/mol. The highest BCUT2D eigenvalue weighted by molar-refractivity contribution is 5.97. The number of benzene rings is 2. The Morgan fingerprint density at radius 1 is 0.926 bits per heavy atom. The van der Waals surface area contributed by atoms with Crippen LogP contribution in [0.3, 0.4) is 0 Å². The van der Waals surface area contributed by atoms with Crippen molar-refractivity contribution in [3.05, 3.63) is 71.8 Å². The first-order chi connectivity index (χ1) is 13.1. The molecule has 1 N–H and O–H groups in total. The highest BCUT2D eigenvalue weighted by Crippen LogP contribution is 2.10. The quantitative estimate of drug-likeness (QED) is 0.886. The molecule has 1 saturated heterocycles. The second kappa shape index (κ2) is 9.33. The van der Waals surface area contributed by atoms with E-state index < -0.39 is 6.04 Å². The molecule has 1 heterocycles. The Hall–Kier alpha value is -2.66. The molecule has 5 heteroatoms. The molecular weight excluding hydrogens is 338 g/mol. The first-order valence-electron chi connectivity index (χ1n) is 9.54. The SMILES string of the molecule is CC(NC(=O)c1ccccc1)C(=O)N1CCCN(Cc2ccccc2)CC1. The molecule has 3 rings (SSSR count). The zero-order chi connectivity index (χ0) is 19.1. The Labute approximate surface area is 161 Å². The number of hydrogen-bond acceptors (Lipinski definition) is 3. The average Bonchev–Trinajstić information content (AvgIpc) is 2.94. The Balaban J connectivity index is 1.52. The Morgan fingerprint density at radius 3 is 2.30 bits per heavy atom. The summed E-state index contributed by atoms with van der Waals surface area (Å²) in [6.07, 6.45) is 0.942. The van der Waals surface area contributed by atoms with Crippen molar-refractivity contribution in [3.63, 3.8) is 0 Å². The molecule has 5 nitrogen and oxygen atoms in total. The molecule has 2 aromatic rings. The summed E-state index contributed by atoms with van der Waals surface area (Å²) in [5.41, 5.74) is 1.86. The predicted octanol–water partition coefficient (Wildman–Crippen LogP) is 2.54. The standard InChI is InChI=1S/C22H27N3O2/c1-18(23-21(26)20-11-6-3-7-12-20)22(27)25-14-8-13-24(15-16-25)17-19-9-4-2-5-10-19/h2-7,9-12,18H,8,13-17H2,1H3,(H,23,26). The molecule has 142 valence electrons. The molecule has 0 aliphatic carbocycles. The van der Waals surface area contributed by atoms with Crippen molar-refractivity contribution < 1.29 is 9.59 Å². The maximum Gasteiger partial charge on any atom is 0.251 e. The van der Waals surface area contributed by atoms with Gasteiger partial charge in [-0.2, -0.15) is 0 Å². The van der Waals surface area contributed by atoms with E-state index in [-0.39, 0.29) is 11.8 Å². The van der Waals surface area contributed by atoms with Crippen LogP contribution in [0.2, 0.25) is 0 Å². The van der Waals surface area contributed by atoms with E-state index in [1.54, 1.807) is 19.1 Å². The molecule has 1 unspecified atom stereocenters. The van der Waals surface area contributed by atoms with Crippen LogP contribution < -0.4 is 5.32 Å². The smallest absolute Gasteiger partial charge is 0.251 e. The normalized spacial score (nSPS) is 16.4. The Kier molecular flexibility index (Phi) is 6.60. The summed E-state index contributed by atoms with van der Waals surface area (Å²) in [6.45, 7) is 5.91. The highest BCUT2D eigenvalue weighted by atomic mass is 16.2. The van der Waals surface area contributed by atoms with E-state index in [9.17, 15) is 9.59 Å². The van der Waals surface area contributed by atoms with Gasteiger partial charge in [-0.15, -0.1) is 0 Å². The van der Waals surface area contributed by atoms with Crippen molar-refractivity contribution in [1.29, 1.82) is 0 Å². The van der Waals surface area contributed by atoms with Gasteiger partial charge in [-0.3, -0.25) is 14.5 Å². The van der Waals surface area contributed by atoms with E-state index in [4.69, 9.17) is 0 Å². The summed E-state index contributed by atoms with van der Waals surface area (Å²) < 4.78 is 0. The van der Waals surface area contributed by atoms with Crippen molar-refractivity contribution in [2.75, 3.05) is 26.2 Å². The number of nitrogens with one attached hydrogen (secondary N) is 1. The van der Waals surface area contributed by atoms with E-state index in [1.165, 1.54) is 5.56 Å². The molecule has 1 fully saturated rings. The van der Waals surface area contributed by atoms with Crippen molar-refractivity contribution in [1.82, 2.24) is 15.1 Å². The van der Waals surface area contributed by atoms with Gasteiger partial charge in [0, 0.05) is 38.3 Å². The van der Waals surface area contributed by atoms with Gasteiger partial charge in [-0.05, 0) is 31.0 Å². The topological polar surface area (TPSA) is 52.7 Å². The molecule has 0 radical (unpaired) electrons. The van der Waals surface area contributed by atoms with Gasteiger partial charge >= 0.3 is 0 Å². The molecule has 1 aliphatic heterocycles. The van der Waals surface area contributed by atoms with E-state index in [0.29, 0.717) is 12.1 Å². The number of hydrogen-bond donors (Lipinski definition) is 1. The summed E-state index contributed by atoms with van der Waals surface area (Å²) in [4.78, 5) is 29.3. The van der Waals surface area contributed by atoms with Crippen LogP contribution in [0.15, 0.2) is 60.7 Å². The molecule has 0 bridgehead atoms. The molecule has 27 heavy (non-hydrogen) atoms. The largest absolute Gasteiger partial charge is 0.341 e. The fraction of sp³-hybridized carbons (Fsp3) is 0.364. The van der Waals surface area contributed by atoms with Crippen LogP contribution in [-0.2, 0) is 11.3 Å². The number of nitrogens with zero attached hydrogens (tertiary/aromatic N) is 2. The first-order valence-corrected chi connectivity index (χ1v) is 9.54. The maximum absolute atomic E-state index is 12.8. The lowest BCUT2D eigenvalue weighted by atomic mass is 10.2. The van der Waals surface area contributed by atoms with E-state index >= 15 is 0 Å². The summed E-state index contributed by atoms with van der Waals surface area (Å²) in [7, 11) is 0. The summed E-state index contributed by atoms with van der Waals surface area (Å²) in [6, 6.07) is 18.9. The van der Waals surface area contributed by atoms with Crippen LogP contribution in [0, 0.1) is 0 Å². The van der Waals surface area contributed by atoms with Gasteiger partial charge < -0.3 is 10.2 Å². The van der Waals surface area contributed by atoms with Gasteiger partial charge in [-0.1, -0.05) is 48.5 Å². The van der Waals surface area contributed by atoms with Crippen LogP contribution in [-0.4, -0.2) is 53.8 Å². The molecule has 0 saturated carbocycles. The van der Waals surface area contributed by atoms with Crippen molar-refractivity contribution in [2.45, 2.75) is 25.9 Å². The minimum atomic E-state index is -0.529. The zero-order valence-electron chi connectivity index (χ0n) is 15.8. The van der Waals surface area contributed by atoms with E-state index in [1.807, 2.05) is 29.2 Å². The fourth-order valence-electron chi connectivity index (χ4n) is 3.40. The third-order valence-corrected chi connectivity index (χ3v) is 4.90. The van der Waals surface area contributed by atoms with Crippen LogP contribution in [0.5, 0.6) is 0 Å². The molecule has 1 aliphatic rings. The molecule has 1 atom stereocenters. The summed E-state index contributed by atoms with van der Waals surface area (Å²) >= 11 is 0. The minimum absolute atomic E-state index is 0.0131. The number of carbonyl (C=O) groups excluding carboxylic acids is 2.